The van der Waals surface area contributed by atoms with Gasteiger partial charge in [-0.2, -0.15) is 0 Å². The molecule has 1 amide bonds. The van der Waals surface area contributed by atoms with Crippen molar-refractivity contribution in [3.63, 3.8) is 0 Å². The van der Waals surface area contributed by atoms with Crippen molar-refractivity contribution in [3.8, 4) is 11.1 Å². The fourth-order valence-corrected chi connectivity index (χ4v) is 4.74. The lowest BCUT2D eigenvalue weighted by Gasteiger charge is -2.14. The van der Waals surface area contributed by atoms with Crippen molar-refractivity contribution >= 4 is 34.4 Å². The van der Waals surface area contributed by atoms with Crippen LogP contribution in [0.15, 0.2) is 64.7 Å². The van der Waals surface area contributed by atoms with E-state index in [0.717, 1.165) is 23.1 Å². The normalized spacial score (nSPS) is 11.4. The second kappa shape index (κ2) is 10.5. The van der Waals surface area contributed by atoms with E-state index in [1.807, 2.05) is 55.1 Å². The number of aromatic nitrogens is 3. The number of anilines is 1. The molecule has 182 valence electrons. The van der Waals surface area contributed by atoms with Crippen LogP contribution in [0.25, 0.3) is 22.2 Å². The van der Waals surface area contributed by atoms with Gasteiger partial charge in [0.1, 0.15) is 16.9 Å². The Kier molecular flexibility index (Phi) is 7.40. The highest BCUT2D eigenvalue weighted by molar-refractivity contribution is 7.99. The molecule has 2 aromatic carbocycles. The SMILES string of the molecule is Cc1ccc(F)cc1NC(=O)CSc1nc2c(-c3ccccc3)cn(C)c2c(=O)n1CCC(C)C. The number of thioether (sulfide) groups is 1. The molecule has 0 radical (unpaired) electrons. The van der Waals surface area contributed by atoms with Crippen LogP contribution in [0.3, 0.4) is 0 Å². The average Bonchev–Trinajstić information content (AvgIpc) is 3.16. The number of fused-ring (bicyclic) bond motifs is 1. The predicted molar refractivity (Wildman–Crippen MR) is 140 cm³/mol. The first kappa shape index (κ1) is 24.7. The van der Waals surface area contributed by atoms with E-state index in [9.17, 15) is 14.0 Å². The average molecular weight is 493 g/mol. The van der Waals surface area contributed by atoms with Gasteiger partial charge in [-0.05, 0) is 42.5 Å². The van der Waals surface area contributed by atoms with Gasteiger partial charge in [0.15, 0.2) is 5.16 Å². The van der Waals surface area contributed by atoms with Crippen LogP contribution in [0.4, 0.5) is 10.1 Å². The lowest BCUT2D eigenvalue weighted by Crippen LogP contribution is -2.26. The van der Waals surface area contributed by atoms with Gasteiger partial charge in [0, 0.05) is 31.0 Å². The molecule has 4 rings (SSSR count). The molecule has 0 atom stereocenters. The molecule has 2 heterocycles. The van der Waals surface area contributed by atoms with Crippen molar-refractivity contribution in [2.45, 2.75) is 38.9 Å². The number of amides is 1. The van der Waals surface area contributed by atoms with Crippen molar-refractivity contribution in [2.75, 3.05) is 11.1 Å². The van der Waals surface area contributed by atoms with Gasteiger partial charge in [0.2, 0.25) is 5.91 Å². The Morgan fingerprint density at radius 2 is 1.91 bits per heavy atom. The number of benzene rings is 2. The standard InChI is InChI=1S/C27H29FN4O2S/c1-17(2)12-13-32-26(34)25-24(21(15-31(25)4)19-8-6-5-7-9-19)30-27(32)35-16-23(33)29-22-14-20(28)11-10-18(22)3/h5-11,14-15,17H,12-13,16H2,1-4H3,(H,29,33). The zero-order chi connectivity index (χ0) is 25.1. The van der Waals surface area contributed by atoms with Crippen molar-refractivity contribution < 1.29 is 9.18 Å². The largest absolute Gasteiger partial charge is 0.344 e. The highest BCUT2D eigenvalue weighted by atomic mass is 32.2. The molecule has 0 bridgehead atoms. The molecular weight excluding hydrogens is 463 g/mol. The molecule has 0 saturated carbocycles. The number of rotatable bonds is 8. The maximum absolute atomic E-state index is 13.6. The highest BCUT2D eigenvalue weighted by Crippen LogP contribution is 2.29. The second-order valence-corrected chi connectivity index (χ2v) is 9.99. The second-order valence-electron chi connectivity index (χ2n) is 9.05. The van der Waals surface area contributed by atoms with E-state index in [4.69, 9.17) is 4.98 Å². The van der Waals surface area contributed by atoms with Gasteiger partial charge in [0.25, 0.3) is 5.56 Å². The highest BCUT2D eigenvalue weighted by Gasteiger charge is 2.20. The molecule has 0 fully saturated rings. The van der Waals surface area contributed by atoms with Crippen LogP contribution < -0.4 is 10.9 Å². The first-order valence-corrected chi connectivity index (χ1v) is 12.6. The summed E-state index contributed by atoms with van der Waals surface area (Å²) in [5.74, 6) is -0.248. The Morgan fingerprint density at radius 3 is 2.63 bits per heavy atom. The summed E-state index contributed by atoms with van der Waals surface area (Å²) < 4.78 is 17.1. The zero-order valence-electron chi connectivity index (χ0n) is 20.3. The van der Waals surface area contributed by atoms with E-state index < -0.39 is 5.82 Å². The Morgan fingerprint density at radius 1 is 1.17 bits per heavy atom. The van der Waals surface area contributed by atoms with Crippen molar-refractivity contribution in [1.82, 2.24) is 14.1 Å². The number of carbonyl (C=O) groups excluding carboxylic acids is 1. The minimum atomic E-state index is -0.411. The lowest BCUT2D eigenvalue weighted by molar-refractivity contribution is -0.113. The number of nitrogens with one attached hydrogen (secondary N) is 1. The first-order chi connectivity index (χ1) is 16.7. The number of aryl methyl sites for hydroxylation is 2. The summed E-state index contributed by atoms with van der Waals surface area (Å²) in [6.07, 6.45) is 2.74. The van der Waals surface area contributed by atoms with Gasteiger partial charge in [-0.15, -0.1) is 0 Å². The van der Waals surface area contributed by atoms with E-state index in [2.05, 4.69) is 19.2 Å². The monoisotopic (exact) mass is 492 g/mol. The fourth-order valence-electron chi connectivity index (χ4n) is 3.92. The van der Waals surface area contributed by atoms with Crippen LogP contribution >= 0.6 is 11.8 Å². The number of carbonyl (C=O) groups is 1. The summed E-state index contributed by atoms with van der Waals surface area (Å²) >= 11 is 1.22. The number of nitrogens with zero attached hydrogens (tertiary/aromatic N) is 3. The minimum Gasteiger partial charge on any atom is -0.344 e. The molecule has 0 spiro atoms. The van der Waals surface area contributed by atoms with Crippen LogP contribution in [0, 0.1) is 18.7 Å². The Hall–Kier alpha value is -3.39. The molecule has 0 saturated heterocycles. The lowest BCUT2D eigenvalue weighted by atomic mass is 10.1. The quantitative estimate of drug-likeness (QED) is 0.256. The van der Waals surface area contributed by atoms with E-state index in [1.165, 1.54) is 23.9 Å². The number of hydrogen-bond acceptors (Lipinski definition) is 4. The van der Waals surface area contributed by atoms with E-state index in [0.29, 0.717) is 34.3 Å². The number of halogens is 1. The molecule has 0 aliphatic rings. The summed E-state index contributed by atoms with van der Waals surface area (Å²) in [4.78, 5) is 31.2. The minimum absolute atomic E-state index is 0.0447. The summed E-state index contributed by atoms with van der Waals surface area (Å²) in [5, 5.41) is 3.26. The molecule has 35 heavy (non-hydrogen) atoms. The Labute approximate surface area is 208 Å². The van der Waals surface area contributed by atoms with Gasteiger partial charge in [0.05, 0.1) is 5.75 Å². The Balaban J connectivity index is 1.70. The summed E-state index contributed by atoms with van der Waals surface area (Å²) in [7, 11) is 1.85. The third-order valence-electron chi connectivity index (χ3n) is 5.86. The van der Waals surface area contributed by atoms with Crippen LogP contribution in [0.1, 0.15) is 25.8 Å². The smallest absolute Gasteiger partial charge is 0.278 e. The third-order valence-corrected chi connectivity index (χ3v) is 6.84. The van der Waals surface area contributed by atoms with Crippen LogP contribution in [0.5, 0.6) is 0 Å². The Bertz CT molecular complexity index is 1430. The molecule has 0 unspecified atom stereocenters. The van der Waals surface area contributed by atoms with Gasteiger partial charge < -0.3 is 9.88 Å². The molecule has 4 aromatic rings. The molecule has 8 heteroatoms. The molecule has 1 N–H and O–H groups in total. The third kappa shape index (κ3) is 5.48. The van der Waals surface area contributed by atoms with E-state index >= 15 is 0 Å². The van der Waals surface area contributed by atoms with Crippen LogP contribution in [-0.2, 0) is 18.4 Å². The molecule has 0 aliphatic heterocycles. The molecular formula is C27H29FN4O2S. The number of hydrogen-bond donors (Lipinski definition) is 1. The zero-order valence-corrected chi connectivity index (χ0v) is 21.2. The van der Waals surface area contributed by atoms with Gasteiger partial charge in [-0.3, -0.25) is 14.2 Å². The van der Waals surface area contributed by atoms with E-state index in [-0.39, 0.29) is 17.2 Å². The van der Waals surface area contributed by atoms with E-state index in [1.54, 1.807) is 10.6 Å². The summed E-state index contributed by atoms with van der Waals surface area (Å²) in [6, 6.07) is 14.1. The molecule has 6 nitrogen and oxygen atoms in total. The predicted octanol–water partition coefficient (Wildman–Crippen LogP) is 5.63. The molecule has 2 aromatic heterocycles. The summed E-state index contributed by atoms with van der Waals surface area (Å²) in [6.45, 7) is 6.53. The fraction of sp³-hybridized carbons (Fsp3) is 0.296. The van der Waals surface area contributed by atoms with Gasteiger partial charge >= 0.3 is 0 Å². The van der Waals surface area contributed by atoms with Crippen molar-refractivity contribution in [1.29, 1.82) is 0 Å². The van der Waals surface area contributed by atoms with Crippen LogP contribution in [-0.4, -0.2) is 25.8 Å². The maximum Gasteiger partial charge on any atom is 0.278 e. The van der Waals surface area contributed by atoms with Gasteiger partial charge in [-0.25, -0.2) is 9.37 Å². The van der Waals surface area contributed by atoms with Crippen molar-refractivity contribution in [2.24, 2.45) is 13.0 Å². The topological polar surface area (TPSA) is 68.9 Å². The first-order valence-electron chi connectivity index (χ1n) is 11.6. The summed E-state index contributed by atoms with van der Waals surface area (Å²) in [5.41, 5.74) is 4.09. The van der Waals surface area contributed by atoms with Gasteiger partial charge in [-0.1, -0.05) is 62.0 Å². The van der Waals surface area contributed by atoms with Crippen molar-refractivity contribution in [3.05, 3.63) is 76.5 Å². The molecule has 0 aliphatic carbocycles. The maximum atomic E-state index is 13.6. The van der Waals surface area contributed by atoms with Crippen LogP contribution in [0.2, 0.25) is 0 Å².